The van der Waals surface area contributed by atoms with Crippen LogP contribution in [-0.4, -0.2) is 63.6 Å². The largest absolute Gasteiger partial charge is 0.456 e. The molecule has 47 heavy (non-hydrogen) atoms. The van der Waals surface area contributed by atoms with Crippen LogP contribution in [-0.2, 0) is 15.1 Å². The highest BCUT2D eigenvalue weighted by atomic mass is 28.3. The quantitative estimate of drug-likeness (QED) is 0.193. The summed E-state index contributed by atoms with van der Waals surface area (Å²) in [6.45, 7) is 3.88. The molecule has 0 radical (unpaired) electrons. The van der Waals surface area contributed by atoms with Crippen LogP contribution in [0.15, 0.2) is 54.6 Å². The fourth-order valence-electron chi connectivity index (χ4n) is 8.36. The van der Waals surface area contributed by atoms with E-state index in [1.165, 1.54) is 0 Å². The van der Waals surface area contributed by atoms with Crippen molar-refractivity contribution in [1.82, 2.24) is 0 Å². The minimum absolute atomic E-state index is 0.272. The average Bonchev–Trinajstić information content (AvgIpc) is 3.29. The van der Waals surface area contributed by atoms with Gasteiger partial charge in [0.25, 0.3) is 11.8 Å². The van der Waals surface area contributed by atoms with E-state index >= 15 is 0 Å². The summed E-state index contributed by atoms with van der Waals surface area (Å²) >= 11 is 0. The predicted octanol–water partition coefficient (Wildman–Crippen LogP) is 6.08. The molecule has 0 saturated carbocycles. The Morgan fingerprint density at radius 2 is 1.30 bits per heavy atom. The molecule has 0 amide bonds. The highest BCUT2D eigenvalue weighted by molar-refractivity contribution is 7.03. The lowest BCUT2D eigenvalue weighted by Crippen LogP contribution is -2.68. The second kappa shape index (κ2) is 9.84. The number of carbonyl (C=O) groups excluding carboxylic acids is 2. The van der Waals surface area contributed by atoms with Crippen LogP contribution in [0.2, 0.25) is 12.1 Å². The average molecular weight is 665 g/mol. The van der Waals surface area contributed by atoms with Crippen LogP contribution in [0.25, 0.3) is 0 Å². The fourth-order valence-corrected chi connectivity index (χ4v) is 14.1. The number of fused-ring (bicyclic) bond motifs is 8. The third-order valence-electron chi connectivity index (χ3n) is 10.4. The Morgan fingerprint density at radius 3 is 1.79 bits per heavy atom. The summed E-state index contributed by atoms with van der Waals surface area (Å²) in [6, 6.07) is 18.2. The van der Waals surface area contributed by atoms with Gasteiger partial charge in [-0.05, 0) is 85.7 Å². The van der Waals surface area contributed by atoms with Crippen molar-refractivity contribution < 1.29 is 36.6 Å². The number of nitrogens with zero attached hydrogens (tertiary/aromatic N) is 2. The van der Waals surface area contributed by atoms with Gasteiger partial charge in [0.05, 0.1) is 37.3 Å². The maximum Gasteiger partial charge on any atom is 0.340 e. The normalized spacial score (nSPS) is 22.5. The molecule has 3 aromatic rings. The van der Waals surface area contributed by atoms with Gasteiger partial charge in [-0.2, -0.15) is 0 Å². The van der Waals surface area contributed by atoms with Gasteiger partial charge < -0.3 is 19.3 Å². The molecule has 2 spiro atoms. The first-order valence-electron chi connectivity index (χ1n) is 16.3. The number of carbonyl (C=O) groups is 2. The van der Waals surface area contributed by atoms with Crippen molar-refractivity contribution in [3.05, 3.63) is 82.4 Å². The van der Waals surface area contributed by atoms with Crippen molar-refractivity contribution in [2.75, 3.05) is 36.0 Å². The Labute approximate surface area is 271 Å². The topological polar surface area (TPSA) is 59.1 Å². The van der Waals surface area contributed by atoms with Gasteiger partial charge >= 0.3 is 11.9 Å². The minimum atomic E-state index is -2.75. The number of alkyl halides is 4. The molecular weight excluding hydrogens is 628 g/mol. The molecule has 5 aliphatic rings. The minimum Gasteiger partial charge on any atom is -0.456 e. The number of rotatable bonds is 3. The van der Waals surface area contributed by atoms with Crippen molar-refractivity contribution in [3.63, 3.8) is 0 Å². The fraction of sp³-hybridized carbons (Fsp3) is 0.444. The molecule has 0 unspecified atom stereocenters. The molecule has 0 aromatic heterocycles. The number of esters is 2. The summed E-state index contributed by atoms with van der Waals surface area (Å²) in [5.74, 6) is -6.58. The summed E-state index contributed by atoms with van der Waals surface area (Å²) in [7, 11) is -2.63. The molecule has 0 atom stereocenters. The first-order chi connectivity index (χ1) is 22.1. The van der Waals surface area contributed by atoms with Crippen molar-refractivity contribution >= 4 is 41.8 Å². The summed E-state index contributed by atoms with van der Waals surface area (Å²) in [5, 5.41) is 2.04. The number of ether oxygens (including phenoxy) is 2. The lowest BCUT2D eigenvalue weighted by atomic mass is 9.78. The molecule has 8 rings (SSSR count). The Kier molecular flexibility index (Phi) is 6.38. The molecule has 246 valence electrons. The molecule has 0 aliphatic carbocycles. The smallest absolute Gasteiger partial charge is 0.340 e. The molecular formula is C36H36F4N2O4Si. The third kappa shape index (κ3) is 4.63. The zero-order valence-corrected chi connectivity index (χ0v) is 27.6. The summed E-state index contributed by atoms with van der Waals surface area (Å²) in [6.07, 6.45) is 3.03. The van der Waals surface area contributed by atoms with E-state index in [1.54, 1.807) is 48.8 Å². The first kappa shape index (κ1) is 30.5. The number of hydrogen-bond acceptors (Lipinski definition) is 6. The van der Waals surface area contributed by atoms with E-state index < -0.39 is 43.1 Å². The number of halogens is 4. The van der Waals surface area contributed by atoms with Crippen LogP contribution in [0, 0.1) is 0 Å². The number of benzene rings is 3. The van der Waals surface area contributed by atoms with Gasteiger partial charge in [0.15, 0.2) is 5.60 Å². The van der Waals surface area contributed by atoms with Crippen molar-refractivity contribution in [3.8, 4) is 0 Å². The van der Waals surface area contributed by atoms with E-state index in [-0.39, 0.29) is 31.7 Å². The van der Waals surface area contributed by atoms with Gasteiger partial charge in [0.2, 0.25) is 0 Å². The number of hydrogen-bond donors (Lipinski definition) is 0. The van der Waals surface area contributed by atoms with Gasteiger partial charge in [-0.3, -0.25) is 0 Å². The molecule has 3 saturated heterocycles. The number of anilines is 2. The van der Waals surface area contributed by atoms with Crippen LogP contribution in [0.4, 0.5) is 28.9 Å². The second-order valence-electron chi connectivity index (χ2n) is 14.9. The second-order valence-corrected chi connectivity index (χ2v) is 19.1. The van der Waals surface area contributed by atoms with E-state index in [4.69, 9.17) is 9.47 Å². The van der Waals surface area contributed by atoms with Crippen molar-refractivity contribution in [2.24, 2.45) is 0 Å². The lowest BCUT2D eigenvalue weighted by molar-refractivity contribution is -0.0268. The summed E-state index contributed by atoms with van der Waals surface area (Å²) in [4.78, 5) is 30.4. The SMILES string of the molecule is CC(C)(C)OC(=O)c1ccc2c(c1)C1(OC2=O)c2ccc(N3CC(F)(F)C3)cc2[Si]2(CCCCC2)c2cc(N3CC(F)(F)C3)ccc21. The van der Waals surface area contributed by atoms with Crippen LogP contribution in [0.3, 0.4) is 0 Å². The Hall–Kier alpha value is -3.86. The molecule has 5 aliphatic heterocycles. The zero-order valence-electron chi connectivity index (χ0n) is 26.6. The molecule has 0 N–H and O–H groups in total. The van der Waals surface area contributed by atoms with Crippen LogP contribution < -0.4 is 20.2 Å². The molecule has 3 aromatic carbocycles. The van der Waals surface area contributed by atoms with Crippen molar-refractivity contribution in [1.29, 1.82) is 0 Å². The summed E-state index contributed by atoms with van der Waals surface area (Å²) < 4.78 is 68.3. The lowest BCUT2D eigenvalue weighted by Gasteiger charge is -2.50. The molecule has 11 heteroatoms. The van der Waals surface area contributed by atoms with Crippen LogP contribution in [0.5, 0.6) is 0 Å². The third-order valence-corrected chi connectivity index (χ3v) is 15.7. The first-order valence-corrected chi connectivity index (χ1v) is 18.7. The zero-order chi connectivity index (χ0) is 33.1. The maximum absolute atomic E-state index is 14.0. The Morgan fingerprint density at radius 1 is 0.766 bits per heavy atom. The highest BCUT2D eigenvalue weighted by Crippen LogP contribution is 2.52. The highest BCUT2D eigenvalue weighted by Gasteiger charge is 2.59. The molecule has 3 fully saturated rings. The molecule has 0 bridgehead atoms. The molecule has 6 nitrogen and oxygen atoms in total. The van der Waals surface area contributed by atoms with Crippen molar-refractivity contribution in [2.45, 2.75) is 75.2 Å². The van der Waals surface area contributed by atoms with E-state index in [1.807, 2.05) is 36.4 Å². The van der Waals surface area contributed by atoms with Crippen LogP contribution in [0.1, 0.15) is 77.4 Å². The van der Waals surface area contributed by atoms with Gasteiger partial charge in [-0.15, -0.1) is 0 Å². The molecule has 5 heterocycles. The summed E-state index contributed by atoms with van der Waals surface area (Å²) in [5.41, 5.74) is 1.91. The predicted molar refractivity (Wildman–Crippen MR) is 173 cm³/mol. The van der Waals surface area contributed by atoms with E-state index in [9.17, 15) is 27.2 Å². The maximum atomic E-state index is 14.0. The van der Waals surface area contributed by atoms with E-state index in [2.05, 4.69) is 0 Å². The van der Waals surface area contributed by atoms with Gasteiger partial charge in [0, 0.05) is 28.1 Å². The Bertz CT molecular complexity index is 1760. The standard InChI is InChI=1S/C36H36F4N2O4Si/c1-33(2,3)45-31(43)22-7-10-25-28(15-22)36(46-32(25)44)26-11-8-23(41-18-34(37,38)19-41)16-29(26)47(13-5-4-6-14-47)30-17-24(9-12-27(30)36)42-20-35(39,40)21-42/h7-12,15-17H,4-6,13-14,18-21H2,1-3H3. The Balaban J connectivity index is 1.37. The van der Waals surface area contributed by atoms with E-state index in [0.717, 1.165) is 52.9 Å². The monoisotopic (exact) mass is 664 g/mol. The van der Waals surface area contributed by atoms with Gasteiger partial charge in [0.1, 0.15) is 13.7 Å². The van der Waals surface area contributed by atoms with Gasteiger partial charge in [-0.25, -0.2) is 27.2 Å². The van der Waals surface area contributed by atoms with Gasteiger partial charge in [-0.1, -0.05) is 31.4 Å². The van der Waals surface area contributed by atoms with E-state index in [0.29, 0.717) is 22.5 Å². The van der Waals surface area contributed by atoms with Crippen LogP contribution >= 0.6 is 0 Å².